The second kappa shape index (κ2) is 4.68. The topological polar surface area (TPSA) is 65.2 Å². The smallest absolute Gasteiger partial charge is 0.341 e. The molecule has 0 saturated heterocycles. The molecule has 0 unspecified atom stereocenters. The average molecular weight is 249 g/mol. The predicted molar refractivity (Wildman–Crippen MR) is 59.4 cm³/mol. The fourth-order valence-electron chi connectivity index (χ4n) is 1.09. The quantitative estimate of drug-likeness (QED) is 0.645. The number of anilines is 1. The summed E-state index contributed by atoms with van der Waals surface area (Å²) in [6.07, 6.45) is 0. The zero-order chi connectivity index (χ0) is 11.6. The van der Waals surface area contributed by atoms with E-state index in [4.69, 9.17) is 33.7 Å². The van der Waals surface area contributed by atoms with Crippen molar-refractivity contribution in [1.82, 2.24) is 4.98 Å². The Balaban J connectivity index is 3.29. The maximum atomic E-state index is 11.5. The molecule has 1 aromatic rings. The van der Waals surface area contributed by atoms with Gasteiger partial charge in [0.2, 0.25) is 0 Å². The summed E-state index contributed by atoms with van der Waals surface area (Å²) in [7, 11) is 0. The van der Waals surface area contributed by atoms with E-state index in [1.54, 1.807) is 13.8 Å². The first-order valence-electron chi connectivity index (χ1n) is 4.27. The van der Waals surface area contributed by atoms with Gasteiger partial charge >= 0.3 is 5.97 Å². The number of aryl methyl sites for hydroxylation is 1. The van der Waals surface area contributed by atoms with E-state index in [0.717, 1.165) is 0 Å². The van der Waals surface area contributed by atoms with Crippen LogP contribution in [0.15, 0.2) is 0 Å². The Morgan fingerprint density at radius 1 is 1.53 bits per heavy atom. The molecular weight excluding hydrogens is 239 g/mol. The van der Waals surface area contributed by atoms with Crippen LogP contribution in [-0.2, 0) is 4.74 Å². The molecule has 0 atom stereocenters. The molecule has 82 valence electrons. The Labute approximate surface area is 97.3 Å². The predicted octanol–water partition coefficient (Wildman–Crippen LogP) is 2.46. The highest BCUT2D eigenvalue weighted by molar-refractivity contribution is 6.40. The fourth-order valence-corrected chi connectivity index (χ4v) is 1.66. The lowest BCUT2D eigenvalue weighted by molar-refractivity contribution is 0.0525. The molecule has 0 aliphatic carbocycles. The van der Waals surface area contributed by atoms with Gasteiger partial charge in [-0.05, 0) is 13.8 Å². The van der Waals surface area contributed by atoms with E-state index in [1.807, 2.05) is 0 Å². The molecule has 0 radical (unpaired) electrons. The van der Waals surface area contributed by atoms with Crippen molar-refractivity contribution in [2.24, 2.45) is 0 Å². The Kier molecular flexibility index (Phi) is 3.77. The maximum Gasteiger partial charge on any atom is 0.341 e. The first-order valence-corrected chi connectivity index (χ1v) is 5.02. The average Bonchev–Trinajstić information content (AvgIpc) is 2.15. The highest BCUT2D eigenvalue weighted by Crippen LogP contribution is 2.31. The molecule has 0 spiro atoms. The highest BCUT2D eigenvalue weighted by Gasteiger charge is 2.20. The van der Waals surface area contributed by atoms with Crippen molar-refractivity contribution < 1.29 is 9.53 Å². The zero-order valence-corrected chi connectivity index (χ0v) is 9.82. The fraction of sp³-hybridized carbons (Fsp3) is 0.333. The first-order chi connectivity index (χ1) is 6.99. The number of pyridine rings is 1. The van der Waals surface area contributed by atoms with Gasteiger partial charge in [0.1, 0.15) is 5.56 Å². The number of carbonyl (C=O) groups is 1. The number of ether oxygens (including phenoxy) is 1. The molecule has 0 saturated carbocycles. The lowest BCUT2D eigenvalue weighted by Gasteiger charge is -2.09. The molecule has 6 heteroatoms. The number of rotatable bonds is 2. The van der Waals surface area contributed by atoms with Crippen molar-refractivity contribution in [3.8, 4) is 0 Å². The molecule has 0 aliphatic rings. The highest BCUT2D eigenvalue weighted by atomic mass is 35.5. The van der Waals surface area contributed by atoms with Crippen molar-refractivity contribution in [3.05, 3.63) is 21.4 Å². The molecule has 15 heavy (non-hydrogen) atoms. The molecule has 1 rings (SSSR count). The van der Waals surface area contributed by atoms with Crippen LogP contribution in [0.4, 0.5) is 5.69 Å². The summed E-state index contributed by atoms with van der Waals surface area (Å²) in [5.41, 5.74) is 6.21. The lowest BCUT2D eigenvalue weighted by Crippen LogP contribution is -2.10. The van der Waals surface area contributed by atoms with Gasteiger partial charge in [-0.15, -0.1) is 0 Å². The minimum Gasteiger partial charge on any atom is -0.462 e. The number of esters is 1. The largest absolute Gasteiger partial charge is 0.462 e. The van der Waals surface area contributed by atoms with Crippen LogP contribution in [0, 0.1) is 6.92 Å². The van der Waals surface area contributed by atoms with Crippen LogP contribution in [0.2, 0.25) is 10.2 Å². The van der Waals surface area contributed by atoms with Gasteiger partial charge < -0.3 is 10.5 Å². The summed E-state index contributed by atoms with van der Waals surface area (Å²) < 4.78 is 4.82. The number of halogens is 2. The van der Waals surface area contributed by atoms with Crippen molar-refractivity contribution in [3.63, 3.8) is 0 Å². The van der Waals surface area contributed by atoms with Gasteiger partial charge in [-0.3, -0.25) is 0 Å². The van der Waals surface area contributed by atoms with Crippen molar-refractivity contribution in [2.75, 3.05) is 12.3 Å². The van der Waals surface area contributed by atoms with E-state index in [0.29, 0.717) is 5.69 Å². The van der Waals surface area contributed by atoms with Crippen LogP contribution in [0.5, 0.6) is 0 Å². The third-order valence-corrected chi connectivity index (χ3v) is 2.47. The standard InChI is InChI=1S/C9H10Cl2N2O2/c1-3-15-9(14)5-4(2)13-8(11)7(12)6(5)10/h3,12H2,1-2H3. The van der Waals surface area contributed by atoms with E-state index in [9.17, 15) is 4.79 Å². The zero-order valence-electron chi connectivity index (χ0n) is 8.30. The number of nitrogens with two attached hydrogens (primary N) is 1. The summed E-state index contributed by atoms with van der Waals surface area (Å²) in [6, 6.07) is 0. The van der Waals surface area contributed by atoms with Gasteiger partial charge in [0, 0.05) is 0 Å². The SMILES string of the molecule is CCOC(=O)c1c(C)nc(Cl)c(N)c1Cl. The van der Waals surface area contributed by atoms with Crippen LogP contribution < -0.4 is 5.73 Å². The van der Waals surface area contributed by atoms with Gasteiger partial charge in [-0.1, -0.05) is 23.2 Å². The summed E-state index contributed by atoms with van der Waals surface area (Å²) in [4.78, 5) is 15.4. The molecule has 1 heterocycles. The van der Waals surface area contributed by atoms with Crippen LogP contribution >= 0.6 is 23.2 Å². The van der Waals surface area contributed by atoms with Crippen LogP contribution in [0.25, 0.3) is 0 Å². The third kappa shape index (κ3) is 2.33. The summed E-state index contributed by atoms with van der Waals surface area (Å²) >= 11 is 11.6. The molecule has 1 aromatic heterocycles. The van der Waals surface area contributed by atoms with E-state index in [1.165, 1.54) is 0 Å². The number of nitrogens with zero attached hydrogens (tertiary/aromatic N) is 1. The lowest BCUT2D eigenvalue weighted by atomic mass is 10.2. The van der Waals surface area contributed by atoms with Crippen molar-refractivity contribution in [2.45, 2.75) is 13.8 Å². The van der Waals surface area contributed by atoms with E-state index < -0.39 is 5.97 Å². The van der Waals surface area contributed by atoms with Gasteiger partial charge in [-0.25, -0.2) is 9.78 Å². The van der Waals surface area contributed by atoms with Gasteiger partial charge in [0.25, 0.3) is 0 Å². The molecule has 0 aliphatic heterocycles. The van der Waals surface area contributed by atoms with E-state index in [2.05, 4.69) is 4.98 Å². The number of nitrogen functional groups attached to an aromatic ring is 1. The minimum atomic E-state index is -0.545. The second-order valence-electron chi connectivity index (χ2n) is 2.81. The second-order valence-corrected chi connectivity index (χ2v) is 3.55. The maximum absolute atomic E-state index is 11.5. The van der Waals surface area contributed by atoms with E-state index in [-0.39, 0.29) is 28.0 Å². The Bertz CT molecular complexity index is 408. The van der Waals surface area contributed by atoms with Gasteiger partial charge in [-0.2, -0.15) is 0 Å². The van der Waals surface area contributed by atoms with E-state index >= 15 is 0 Å². The number of hydrogen-bond acceptors (Lipinski definition) is 4. The minimum absolute atomic E-state index is 0.0885. The Morgan fingerprint density at radius 2 is 2.13 bits per heavy atom. The van der Waals surface area contributed by atoms with Crippen LogP contribution in [0.3, 0.4) is 0 Å². The van der Waals surface area contributed by atoms with Gasteiger partial charge in [0.15, 0.2) is 5.15 Å². The Hall–Kier alpha value is -1.00. The van der Waals surface area contributed by atoms with Crippen LogP contribution in [-0.4, -0.2) is 17.6 Å². The third-order valence-electron chi connectivity index (χ3n) is 1.79. The monoisotopic (exact) mass is 248 g/mol. The number of hydrogen-bond donors (Lipinski definition) is 1. The first kappa shape index (κ1) is 12.1. The summed E-state index contributed by atoms with van der Waals surface area (Å²) in [5.74, 6) is -0.545. The number of aromatic nitrogens is 1. The van der Waals surface area contributed by atoms with Crippen molar-refractivity contribution >= 4 is 34.9 Å². The molecule has 4 nitrogen and oxygen atoms in total. The normalized spacial score (nSPS) is 10.1. The van der Waals surface area contributed by atoms with Gasteiger partial charge in [0.05, 0.1) is 23.0 Å². The molecule has 0 fully saturated rings. The molecule has 0 amide bonds. The molecule has 2 N–H and O–H groups in total. The molecule has 0 bridgehead atoms. The molecular formula is C9H10Cl2N2O2. The van der Waals surface area contributed by atoms with Crippen molar-refractivity contribution in [1.29, 1.82) is 0 Å². The summed E-state index contributed by atoms with van der Waals surface area (Å²) in [5, 5.41) is 0.177. The molecule has 0 aromatic carbocycles. The summed E-state index contributed by atoms with van der Waals surface area (Å²) in [6.45, 7) is 3.58. The Morgan fingerprint density at radius 3 is 2.67 bits per heavy atom. The number of carbonyl (C=O) groups excluding carboxylic acids is 1. The van der Waals surface area contributed by atoms with Crippen LogP contribution in [0.1, 0.15) is 23.0 Å².